The maximum Gasteiger partial charge on any atom is 0.336 e. The van der Waals surface area contributed by atoms with Gasteiger partial charge in [-0.2, -0.15) is 0 Å². The second-order valence-electron chi connectivity index (χ2n) is 5.63. The van der Waals surface area contributed by atoms with E-state index >= 15 is 0 Å². The molecule has 2 heterocycles. The molecule has 0 aliphatic heterocycles. The minimum atomic E-state index is -1.18. The fourth-order valence-electron chi connectivity index (χ4n) is 2.72. The van der Waals surface area contributed by atoms with Crippen molar-refractivity contribution >= 4 is 29.2 Å². The number of aromatic amines is 1. The van der Waals surface area contributed by atoms with Gasteiger partial charge in [-0.3, -0.25) is 14.3 Å². The van der Waals surface area contributed by atoms with Gasteiger partial charge in [0.25, 0.3) is 5.56 Å². The summed E-state index contributed by atoms with van der Waals surface area (Å²) < 4.78 is 1.80. The molecule has 0 bridgehead atoms. The third-order valence-corrected chi connectivity index (χ3v) is 4.32. The average molecular weight is 341 g/mol. The van der Waals surface area contributed by atoms with Gasteiger partial charge in [0.05, 0.1) is 16.6 Å². The molecule has 0 saturated carbocycles. The normalized spacial score (nSPS) is 11.0. The Hall–Kier alpha value is -2.80. The molecule has 0 saturated heterocycles. The lowest BCUT2D eigenvalue weighted by atomic mass is 10.1. The number of nitrogens with one attached hydrogen (secondary N) is 1. The zero-order chi connectivity index (χ0) is 17.6. The van der Waals surface area contributed by atoms with Gasteiger partial charge in [0.2, 0.25) is 0 Å². The van der Waals surface area contributed by atoms with Crippen molar-refractivity contribution in [3.63, 3.8) is 0 Å². The minimum Gasteiger partial charge on any atom is -0.478 e. The summed E-state index contributed by atoms with van der Waals surface area (Å²) in [4.78, 5) is 30.9. The van der Waals surface area contributed by atoms with Crippen molar-refractivity contribution in [1.29, 1.82) is 0 Å². The number of hydrogen-bond acceptors (Lipinski definition) is 4. The molecule has 6 nitrogen and oxygen atoms in total. The number of carbonyl (C=O) groups is 1. The van der Waals surface area contributed by atoms with Crippen LogP contribution in [-0.4, -0.2) is 25.6 Å². The van der Waals surface area contributed by atoms with Crippen LogP contribution in [0.15, 0.2) is 29.1 Å². The highest BCUT2D eigenvalue weighted by atomic mass is 32.1. The summed E-state index contributed by atoms with van der Waals surface area (Å²) in [7, 11) is 0. The lowest BCUT2D eigenvalue weighted by Crippen LogP contribution is -2.19. The number of benzene rings is 1. The highest BCUT2D eigenvalue weighted by Gasteiger charge is 2.18. The fourth-order valence-corrected chi connectivity index (χ4v) is 3.00. The van der Waals surface area contributed by atoms with Crippen molar-refractivity contribution in [2.45, 2.75) is 20.8 Å². The van der Waals surface area contributed by atoms with Crippen molar-refractivity contribution in [3.8, 4) is 5.69 Å². The van der Waals surface area contributed by atoms with E-state index in [0.29, 0.717) is 5.69 Å². The van der Waals surface area contributed by atoms with E-state index in [0.717, 1.165) is 16.8 Å². The van der Waals surface area contributed by atoms with Crippen LogP contribution in [-0.2, 0) is 0 Å². The van der Waals surface area contributed by atoms with Crippen LogP contribution in [0.4, 0.5) is 0 Å². The number of aromatic nitrogens is 3. The van der Waals surface area contributed by atoms with Crippen molar-refractivity contribution < 1.29 is 9.90 Å². The van der Waals surface area contributed by atoms with Crippen LogP contribution >= 0.6 is 12.2 Å². The van der Waals surface area contributed by atoms with E-state index in [1.165, 1.54) is 6.07 Å². The fraction of sp³-hybridized carbons (Fsp3) is 0.176. The molecule has 0 amide bonds. The standard InChI is InChI=1S/C17H15N3O3S/c1-8-5-4-6-12(10(8)3)20-14-13(15(21)19-17(20)24)11(16(22)23)7-9(2)18-14/h4-7H,1-3H3,(H,22,23)(H,19,21,24). The van der Waals surface area contributed by atoms with Gasteiger partial charge in [-0.15, -0.1) is 0 Å². The van der Waals surface area contributed by atoms with Gasteiger partial charge in [0, 0.05) is 5.69 Å². The topological polar surface area (TPSA) is 88.0 Å². The summed E-state index contributed by atoms with van der Waals surface area (Å²) in [6.07, 6.45) is 0. The average Bonchev–Trinajstić information content (AvgIpc) is 2.50. The second kappa shape index (κ2) is 5.68. The molecule has 122 valence electrons. The van der Waals surface area contributed by atoms with E-state index in [1.54, 1.807) is 11.5 Å². The number of aromatic carboxylic acids is 1. The van der Waals surface area contributed by atoms with Crippen molar-refractivity contribution in [1.82, 2.24) is 14.5 Å². The Balaban J connectivity index is 2.59. The number of nitrogens with zero attached hydrogens (tertiary/aromatic N) is 2. The van der Waals surface area contributed by atoms with Gasteiger partial charge in [0.15, 0.2) is 10.4 Å². The third-order valence-electron chi connectivity index (χ3n) is 4.04. The molecule has 3 rings (SSSR count). The number of aryl methyl sites for hydroxylation is 2. The molecule has 0 radical (unpaired) electrons. The first-order valence-corrected chi connectivity index (χ1v) is 7.68. The molecule has 0 unspecified atom stereocenters. The molecule has 0 atom stereocenters. The number of rotatable bonds is 2. The van der Waals surface area contributed by atoms with E-state index in [-0.39, 0.29) is 21.4 Å². The SMILES string of the molecule is Cc1cc(C(=O)O)c2c(=O)[nH]c(=S)n(-c3cccc(C)c3C)c2n1. The first-order chi connectivity index (χ1) is 11.3. The zero-order valence-electron chi connectivity index (χ0n) is 13.4. The summed E-state index contributed by atoms with van der Waals surface area (Å²) in [6, 6.07) is 7.10. The molecule has 0 spiro atoms. The number of pyridine rings is 1. The predicted molar refractivity (Wildman–Crippen MR) is 93.7 cm³/mol. The van der Waals surface area contributed by atoms with E-state index in [1.807, 2.05) is 32.0 Å². The lowest BCUT2D eigenvalue weighted by molar-refractivity contribution is 0.0698. The van der Waals surface area contributed by atoms with E-state index in [4.69, 9.17) is 12.2 Å². The molecule has 3 aromatic rings. The molecule has 7 heteroatoms. The predicted octanol–water partition coefficient (Wildman–Crippen LogP) is 3.07. The van der Waals surface area contributed by atoms with E-state index < -0.39 is 11.5 Å². The Morgan fingerprint density at radius 3 is 2.67 bits per heavy atom. The van der Waals surface area contributed by atoms with E-state index in [9.17, 15) is 14.7 Å². The van der Waals surface area contributed by atoms with Crippen LogP contribution in [0.3, 0.4) is 0 Å². The summed E-state index contributed by atoms with van der Waals surface area (Å²) in [6.45, 7) is 5.60. The monoisotopic (exact) mass is 341 g/mol. The number of hydrogen-bond donors (Lipinski definition) is 2. The van der Waals surface area contributed by atoms with Crippen LogP contribution in [0.1, 0.15) is 27.2 Å². The minimum absolute atomic E-state index is 0.0163. The Kier molecular flexibility index (Phi) is 3.81. The van der Waals surface area contributed by atoms with E-state index in [2.05, 4.69) is 9.97 Å². The van der Waals surface area contributed by atoms with Gasteiger partial charge < -0.3 is 5.11 Å². The van der Waals surface area contributed by atoms with Gasteiger partial charge in [-0.05, 0) is 56.2 Å². The smallest absolute Gasteiger partial charge is 0.336 e. The number of fused-ring (bicyclic) bond motifs is 1. The van der Waals surface area contributed by atoms with Gasteiger partial charge >= 0.3 is 5.97 Å². The summed E-state index contributed by atoms with van der Waals surface area (Å²) in [5, 5.41) is 9.46. The molecule has 0 aliphatic rings. The van der Waals surface area contributed by atoms with Crippen LogP contribution in [0, 0.1) is 25.5 Å². The van der Waals surface area contributed by atoms with Crippen LogP contribution in [0.25, 0.3) is 16.7 Å². The third kappa shape index (κ3) is 2.43. The second-order valence-corrected chi connectivity index (χ2v) is 6.02. The molecule has 24 heavy (non-hydrogen) atoms. The summed E-state index contributed by atoms with van der Waals surface area (Å²) >= 11 is 5.32. The Labute approximate surface area is 142 Å². The molecular weight excluding hydrogens is 326 g/mol. The maximum absolute atomic E-state index is 12.3. The van der Waals surface area contributed by atoms with Gasteiger partial charge in [-0.25, -0.2) is 9.78 Å². The molecular formula is C17H15N3O3S. The first-order valence-electron chi connectivity index (χ1n) is 7.28. The molecule has 2 N–H and O–H groups in total. The number of carboxylic acids is 1. The highest BCUT2D eigenvalue weighted by molar-refractivity contribution is 7.71. The first kappa shape index (κ1) is 16.1. The molecule has 1 aromatic carbocycles. The number of H-pyrrole nitrogens is 1. The van der Waals surface area contributed by atoms with Crippen LogP contribution in [0.5, 0.6) is 0 Å². The Morgan fingerprint density at radius 2 is 2.00 bits per heavy atom. The maximum atomic E-state index is 12.3. The van der Waals surface area contributed by atoms with Gasteiger partial charge in [-0.1, -0.05) is 12.1 Å². The number of carboxylic acid groups (broad SMARTS) is 1. The Bertz CT molecular complexity index is 1110. The largest absolute Gasteiger partial charge is 0.478 e. The van der Waals surface area contributed by atoms with Crippen molar-refractivity contribution in [3.05, 3.63) is 61.8 Å². The molecule has 0 fully saturated rings. The Morgan fingerprint density at radius 1 is 1.29 bits per heavy atom. The van der Waals surface area contributed by atoms with Crippen molar-refractivity contribution in [2.24, 2.45) is 0 Å². The van der Waals surface area contributed by atoms with Gasteiger partial charge in [0.1, 0.15) is 0 Å². The van der Waals surface area contributed by atoms with Crippen LogP contribution < -0.4 is 5.56 Å². The summed E-state index contributed by atoms with van der Waals surface area (Å²) in [5.74, 6) is -1.18. The lowest BCUT2D eigenvalue weighted by Gasteiger charge is -2.15. The summed E-state index contributed by atoms with van der Waals surface area (Å²) in [5.41, 5.74) is 2.89. The van der Waals surface area contributed by atoms with Crippen LogP contribution in [0.2, 0.25) is 0 Å². The van der Waals surface area contributed by atoms with Crippen molar-refractivity contribution in [2.75, 3.05) is 0 Å². The molecule has 2 aromatic heterocycles. The molecule has 0 aliphatic carbocycles. The zero-order valence-corrected chi connectivity index (χ0v) is 14.2. The highest BCUT2D eigenvalue weighted by Crippen LogP contribution is 2.23. The quantitative estimate of drug-likeness (QED) is 0.700.